The maximum Gasteiger partial charge on any atom is 0.277 e. The second-order valence-electron chi connectivity index (χ2n) is 7.07. The van der Waals surface area contributed by atoms with Gasteiger partial charge in [-0.1, -0.05) is 47.2 Å². The number of carbonyl (C=O) groups excluding carboxylic acids is 1. The maximum absolute atomic E-state index is 12.9. The molecule has 2 aromatic heterocycles. The summed E-state index contributed by atoms with van der Waals surface area (Å²) in [4.78, 5) is 25.0. The van der Waals surface area contributed by atoms with Crippen molar-refractivity contribution < 1.29 is 17.9 Å². The molecule has 1 N–H and O–H groups in total. The van der Waals surface area contributed by atoms with Gasteiger partial charge >= 0.3 is 0 Å². The Labute approximate surface area is 199 Å². The van der Waals surface area contributed by atoms with Gasteiger partial charge in [-0.3, -0.25) is 10.1 Å². The van der Waals surface area contributed by atoms with E-state index in [2.05, 4.69) is 20.3 Å². The SMILES string of the molecule is CCOc1ccc2nc(NC(=O)c3nc(S(=O)(=O)Cc4ccccc4C)ncc3Cl)sc2c1. The van der Waals surface area contributed by atoms with Crippen LogP contribution in [0.3, 0.4) is 0 Å². The Morgan fingerprint density at radius 2 is 1.97 bits per heavy atom. The van der Waals surface area contributed by atoms with Crippen molar-refractivity contribution in [3.05, 3.63) is 70.5 Å². The lowest BCUT2D eigenvalue weighted by Crippen LogP contribution is -2.18. The quantitative estimate of drug-likeness (QED) is 0.365. The van der Waals surface area contributed by atoms with Crippen molar-refractivity contribution in [3.63, 3.8) is 0 Å². The topological polar surface area (TPSA) is 111 Å². The first-order valence-corrected chi connectivity index (χ1v) is 12.8. The van der Waals surface area contributed by atoms with Gasteiger partial charge in [-0.2, -0.15) is 0 Å². The normalized spacial score (nSPS) is 11.5. The number of fused-ring (bicyclic) bond motifs is 1. The van der Waals surface area contributed by atoms with Gasteiger partial charge in [-0.15, -0.1) is 0 Å². The van der Waals surface area contributed by atoms with Crippen LogP contribution in [0.1, 0.15) is 28.5 Å². The number of benzene rings is 2. The number of aromatic nitrogens is 3. The van der Waals surface area contributed by atoms with Crippen LogP contribution in [0, 0.1) is 6.92 Å². The van der Waals surface area contributed by atoms with Crippen LogP contribution in [0.2, 0.25) is 5.02 Å². The first-order chi connectivity index (χ1) is 15.8. The molecule has 4 rings (SSSR count). The minimum Gasteiger partial charge on any atom is -0.494 e. The molecule has 8 nitrogen and oxygen atoms in total. The molecule has 0 saturated carbocycles. The zero-order chi connectivity index (χ0) is 23.6. The number of hydrogen-bond donors (Lipinski definition) is 1. The van der Waals surface area contributed by atoms with Gasteiger partial charge in [0.15, 0.2) is 10.8 Å². The highest BCUT2D eigenvalue weighted by Crippen LogP contribution is 2.30. The lowest BCUT2D eigenvalue weighted by molar-refractivity contribution is 0.102. The Balaban J connectivity index is 1.59. The Kier molecular flexibility index (Phi) is 6.59. The van der Waals surface area contributed by atoms with Crippen molar-refractivity contribution in [2.45, 2.75) is 24.8 Å². The third kappa shape index (κ3) is 5.13. The van der Waals surface area contributed by atoms with E-state index >= 15 is 0 Å². The number of carbonyl (C=O) groups is 1. The van der Waals surface area contributed by atoms with Gasteiger partial charge < -0.3 is 4.74 Å². The fourth-order valence-corrected chi connectivity index (χ4v) is 5.44. The van der Waals surface area contributed by atoms with Crippen molar-refractivity contribution in [1.29, 1.82) is 0 Å². The van der Waals surface area contributed by atoms with Crippen LogP contribution in [0.4, 0.5) is 5.13 Å². The number of thiazole rings is 1. The molecule has 0 bridgehead atoms. The zero-order valence-corrected chi connectivity index (χ0v) is 20.1. The minimum atomic E-state index is -3.90. The van der Waals surface area contributed by atoms with Gasteiger partial charge in [0.1, 0.15) is 5.75 Å². The molecule has 170 valence electrons. The van der Waals surface area contributed by atoms with E-state index in [1.165, 1.54) is 11.3 Å². The molecule has 0 aliphatic rings. The number of nitrogens with zero attached hydrogens (tertiary/aromatic N) is 3. The maximum atomic E-state index is 12.9. The van der Waals surface area contributed by atoms with Gasteiger partial charge in [0, 0.05) is 0 Å². The first kappa shape index (κ1) is 23.1. The lowest BCUT2D eigenvalue weighted by Gasteiger charge is -2.08. The molecule has 0 radical (unpaired) electrons. The van der Waals surface area contributed by atoms with Crippen molar-refractivity contribution in [3.8, 4) is 5.75 Å². The molecular weight excluding hydrogens is 484 g/mol. The van der Waals surface area contributed by atoms with Crippen molar-refractivity contribution in [2.75, 3.05) is 11.9 Å². The highest BCUT2D eigenvalue weighted by atomic mass is 35.5. The fraction of sp³-hybridized carbons (Fsp3) is 0.182. The molecule has 11 heteroatoms. The Morgan fingerprint density at radius 3 is 2.73 bits per heavy atom. The number of rotatable bonds is 7. The van der Waals surface area contributed by atoms with Crippen LogP contribution in [-0.2, 0) is 15.6 Å². The molecule has 0 aliphatic carbocycles. The van der Waals surface area contributed by atoms with E-state index in [1.54, 1.807) is 24.3 Å². The highest BCUT2D eigenvalue weighted by molar-refractivity contribution is 7.90. The Morgan fingerprint density at radius 1 is 1.18 bits per heavy atom. The van der Waals surface area contributed by atoms with Gasteiger partial charge in [-0.05, 0) is 43.2 Å². The van der Waals surface area contributed by atoms with Crippen LogP contribution < -0.4 is 10.1 Å². The molecule has 1 amide bonds. The first-order valence-electron chi connectivity index (χ1n) is 9.91. The van der Waals surface area contributed by atoms with Crippen LogP contribution >= 0.6 is 22.9 Å². The standard InChI is InChI=1S/C22H19ClN4O4S2/c1-3-31-15-8-9-17-18(10-15)32-21(25-17)27-20(28)19-16(23)11-24-22(26-19)33(29,30)12-14-7-5-4-6-13(14)2/h4-11H,3,12H2,1-2H3,(H,25,27,28). The number of nitrogens with one attached hydrogen (secondary N) is 1. The number of halogens is 1. The van der Waals surface area contributed by atoms with E-state index in [0.29, 0.717) is 28.6 Å². The van der Waals surface area contributed by atoms with Crippen LogP contribution in [0.15, 0.2) is 53.8 Å². The molecule has 4 aromatic rings. The number of sulfone groups is 1. The number of hydrogen-bond acceptors (Lipinski definition) is 8. The predicted molar refractivity (Wildman–Crippen MR) is 128 cm³/mol. The average molecular weight is 503 g/mol. The Bertz CT molecular complexity index is 1450. The second-order valence-corrected chi connectivity index (χ2v) is 10.4. The zero-order valence-electron chi connectivity index (χ0n) is 17.7. The van der Waals surface area contributed by atoms with E-state index < -0.39 is 20.9 Å². The van der Waals surface area contributed by atoms with E-state index in [9.17, 15) is 13.2 Å². The fourth-order valence-electron chi connectivity index (χ4n) is 3.07. The summed E-state index contributed by atoms with van der Waals surface area (Å²) in [5, 5.41) is 2.42. The molecule has 0 fully saturated rings. The summed E-state index contributed by atoms with van der Waals surface area (Å²) in [5.74, 6) is -0.268. The van der Waals surface area contributed by atoms with Crippen molar-refractivity contribution in [1.82, 2.24) is 15.0 Å². The average Bonchev–Trinajstić information content (AvgIpc) is 3.17. The third-order valence-corrected chi connectivity index (χ3v) is 7.37. The summed E-state index contributed by atoms with van der Waals surface area (Å²) in [5.41, 5.74) is 1.90. The summed E-state index contributed by atoms with van der Waals surface area (Å²) in [6, 6.07) is 12.5. The van der Waals surface area contributed by atoms with E-state index in [1.807, 2.05) is 32.0 Å². The molecule has 0 spiro atoms. The molecule has 0 aliphatic heterocycles. The molecule has 33 heavy (non-hydrogen) atoms. The molecular formula is C22H19ClN4O4S2. The van der Waals surface area contributed by atoms with Crippen molar-refractivity contribution in [2.24, 2.45) is 0 Å². The van der Waals surface area contributed by atoms with E-state index in [4.69, 9.17) is 16.3 Å². The summed E-state index contributed by atoms with van der Waals surface area (Å²) < 4.78 is 32.1. The lowest BCUT2D eigenvalue weighted by atomic mass is 10.1. The van der Waals surface area contributed by atoms with E-state index in [-0.39, 0.29) is 16.5 Å². The highest BCUT2D eigenvalue weighted by Gasteiger charge is 2.24. The van der Waals surface area contributed by atoms with Crippen LogP contribution in [-0.4, -0.2) is 35.9 Å². The summed E-state index contributed by atoms with van der Waals surface area (Å²) in [6.45, 7) is 4.25. The summed E-state index contributed by atoms with van der Waals surface area (Å²) in [6.07, 6.45) is 1.11. The number of aryl methyl sites for hydroxylation is 1. The molecule has 2 heterocycles. The van der Waals surface area contributed by atoms with Crippen LogP contribution in [0.5, 0.6) is 5.75 Å². The van der Waals surface area contributed by atoms with Gasteiger partial charge in [0.25, 0.3) is 5.91 Å². The molecule has 0 unspecified atom stereocenters. The third-order valence-electron chi connectivity index (χ3n) is 4.71. The molecule has 0 atom stereocenters. The van der Waals surface area contributed by atoms with Crippen molar-refractivity contribution >= 4 is 54.0 Å². The minimum absolute atomic E-state index is 0.0675. The van der Waals surface area contributed by atoms with Gasteiger partial charge in [-0.25, -0.2) is 23.4 Å². The summed E-state index contributed by atoms with van der Waals surface area (Å²) >= 11 is 7.36. The molecule has 2 aromatic carbocycles. The molecule has 0 saturated heterocycles. The number of amides is 1. The Hall–Kier alpha value is -3.08. The van der Waals surface area contributed by atoms with Crippen LogP contribution in [0.25, 0.3) is 10.2 Å². The predicted octanol–water partition coefficient (Wildman–Crippen LogP) is 4.67. The second kappa shape index (κ2) is 9.42. The monoisotopic (exact) mass is 502 g/mol. The van der Waals surface area contributed by atoms with Gasteiger partial charge in [0.2, 0.25) is 15.0 Å². The van der Waals surface area contributed by atoms with Gasteiger partial charge in [0.05, 0.1) is 33.8 Å². The smallest absolute Gasteiger partial charge is 0.277 e. The largest absolute Gasteiger partial charge is 0.494 e. The number of anilines is 1. The van der Waals surface area contributed by atoms with E-state index in [0.717, 1.165) is 16.5 Å². The summed E-state index contributed by atoms with van der Waals surface area (Å²) in [7, 11) is -3.90. The number of ether oxygens (including phenoxy) is 1.